The van der Waals surface area contributed by atoms with Crippen molar-refractivity contribution in [2.45, 2.75) is 6.18 Å². The van der Waals surface area contributed by atoms with Gasteiger partial charge in [-0.1, -0.05) is 40.2 Å². The molecule has 0 fully saturated rings. The van der Waals surface area contributed by atoms with E-state index in [0.717, 1.165) is 35.2 Å². The number of hydrogen-bond donors (Lipinski definition) is 1. The van der Waals surface area contributed by atoms with Gasteiger partial charge in [-0.05, 0) is 30.3 Å². The number of aromatic nitrogens is 2. The van der Waals surface area contributed by atoms with Gasteiger partial charge in [0.15, 0.2) is 12.4 Å². The third-order valence-electron chi connectivity index (χ3n) is 5.11. The quantitative estimate of drug-likeness (QED) is 0.179. The predicted molar refractivity (Wildman–Crippen MR) is 133 cm³/mol. The molecule has 0 saturated carbocycles. The van der Waals surface area contributed by atoms with E-state index in [1.165, 1.54) is 24.3 Å². The molecule has 1 N–H and O–H groups in total. The molecule has 0 atom stereocenters. The molecule has 0 bridgehead atoms. The van der Waals surface area contributed by atoms with Gasteiger partial charge in [-0.3, -0.25) is 14.9 Å². The Labute approximate surface area is 218 Å². The van der Waals surface area contributed by atoms with Crippen LogP contribution < -0.4 is 10.3 Å². The zero-order chi connectivity index (χ0) is 27.6. The van der Waals surface area contributed by atoms with Crippen LogP contribution in [0.2, 0.25) is 0 Å². The van der Waals surface area contributed by atoms with E-state index in [0.29, 0.717) is 0 Å². The molecule has 1 heterocycles. The summed E-state index contributed by atoms with van der Waals surface area (Å²) in [5.41, 5.74) is -2.22. The molecule has 194 valence electrons. The highest BCUT2D eigenvalue weighted by Crippen LogP contribution is 2.34. The van der Waals surface area contributed by atoms with Crippen LogP contribution >= 0.6 is 15.9 Å². The van der Waals surface area contributed by atoms with Gasteiger partial charge in [-0.2, -0.15) is 22.9 Å². The molecule has 0 aliphatic heterocycles. The molecule has 3 aromatic carbocycles. The standard InChI is InChI=1S/C24H14BrF3N4O6/c25-16-9-14(21(38-12-20(33)34)19(10-16)32(36)37)11-29-31-22(13-4-3-5-15(8-13)24(26,27)28)30-18-7-2-1-6-17(18)23(31)35/h1-11H,12H2,(H,33,34). The Balaban J connectivity index is 1.95. The summed E-state index contributed by atoms with van der Waals surface area (Å²) in [4.78, 5) is 39.4. The molecule has 0 saturated heterocycles. The molecular weight excluding hydrogens is 577 g/mol. The van der Waals surface area contributed by atoms with Crippen LogP contribution in [0.25, 0.3) is 22.3 Å². The van der Waals surface area contributed by atoms with Crippen LogP contribution in [0.1, 0.15) is 11.1 Å². The Hall–Kier alpha value is -4.59. The lowest BCUT2D eigenvalue weighted by Crippen LogP contribution is -2.20. The lowest BCUT2D eigenvalue weighted by atomic mass is 10.1. The lowest BCUT2D eigenvalue weighted by Gasteiger charge is -2.12. The molecule has 10 nitrogen and oxygen atoms in total. The number of nitrogens with zero attached hydrogens (tertiary/aromatic N) is 4. The smallest absolute Gasteiger partial charge is 0.416 e. The van der Waals surface area contributed by atoms with Crippen molar-refractivity contribution < 1.29 is 32.7 Å². The summed E-state index contributed by atoms with van der Waals surface area (Å²) in [5.74, 6) is -2.06. The second-order valence-electron chi connectivity index (χ2n) is 7.68. The van der Waals surface area contributed by atoms with E-state index in [1.807, 2.05) is 0 Å². The van der Waals surface area contributed by atoms with Crippen molar-refractivity contribution in [3.8, 4) is 17.1 Å². The number of alkyl halides is 3. The van der Waals surface area contributed by atoms with Crippen LogP contribution in [0.5, 0.6) is 5.75 Å². The normalized spacial score (nSPS) is 11.7. The van der Waals surface area contributed by atoms with Gasteiger partial charge in [0.05, 0.1) is 27.6 Å². The molecule has 0 spiro atoms. The number of carbonyl (C=O) groups is 1. The van der Waals surface area contributed by atoms with Gasteiger partial charge in [0.2, 0.25) is 5.75 Å². The number of halogens is 4. The third kappa shape index (κ3) is 5.54. The molecule has 4 rings (SSSR count). The first-order valence-electron chi connectivity index (χ1n) is 10.5. The number of nitro benzene ring substituents is 1. The van der Waals surface area contributed by atoms with E-state index in [1.54, 1.807) is 12.1 Å². The minimum absolute atomic E-state index is 0.0672. The number of ether oxygens (including phenoxy) is 1. The molecule has 0 unspecified atom stereocenters. The topological polar surface area (TPSA) is 137 Å². The van der Waals surface area contributed by atoms with Crippen molar-refractivity contribution in [3.63, 3.8) is 0 Å². The Morgan fingerprint density at radius 2 is 1.92 bits per heavy atom. The second kappa shape index (κ2) is 10.4. The van der Waals surface area contributed by atoms with E-state index in [2.05, 4.69) is 26.0 Å². The molecule has 1 aromatic heterocycles. The summed E-state index contributed by atoms with van der Waals surface area (Å²) < 4.78 is 46.2. The van der Waals surface area contributed by atoms with Gasteiger partial charge >= 0.3 is 17.8 Å². The molecule has 4 aromatic rings. The number of fused-ring (bicyclic) bond motifs is 1. The zero-order valence-electron chi connectivity index (χ0n) is 18.8. The molecule has 0 radical (unpaired) electrons. The summed E-state index contributed by atoms with van der Waals surface area (Å²) >= 11 is 3.12. The molecule has 14 heteroatoms. The molecule has 0 aliphatic rings. The molecule has 0 amide bonds. The molecule has 38 heavy (non-hydrogen) atoms. The zero-order valence-corrected chi connectivity index (χ0v) is 20.4. The van der Waals surface area contributed by atoms with Crippen LogP contribution in [0.15, 0.2) is 75.0 Å². The highest BCUT2D eigenvalue weighted by Gasteiger charge is 2.31. The number of aliphatic carboxylic acids is 1. The first-order chi connectivity index (χ1) is 18.0. The van der Waals surface area contributed by atoms with Crippen LogP contribution in [0, 0.1) is 10.1 Å². The number of rotatable bonds is 7. The summed E-state index contributed by atoms with van der Waals surface area (Å²) in [6.45, 7) is -0.906. The van der Waals surface area contributed by atoms with Crippen LogP contribution in [-0.4, -0.2) is 38.5 Å². The summed E-state index contributed by atoms with van der Waals surface area (Å²) in [5, 5.41) is 24.7. The summed E-state index contributed by atoms with van der Waals surface area (Å²) in [6, 6.07) is 12.7. The van der Waals surface area contributed by atoms with Crippen molar-refractivity contribution in [2.24, 2.45) is 5.10 Å². The van der Waals surface area contributed by atoms with Crippen molar-refractivity contribution in [2.75, 3.05) is 6.61 Å². The lowest BCUT2D eigenvalue weighted by molar-refractivity contribution is -0.385. The van der Waals surface area contributed by atoms with Crippen LogP contribution in [0.4, 0.5) is 18.9 Å². The van der Waals surface area contributed by atoms with Crippen molar-refractivity contribution in [3.05, 3.63) is 96.7 Å². The Morgan fingerprint density at radius 3 is 2.61 bits per heavy atom. The largest absolute Gasteiger partial charge is 0.479 e. The summed E-state index contributed by atoms with van der Waals surface area (Å²) in [7, 11) is 0. The Kier molecular flexibility index (Phi) is 7.26. The van der Waals surface area contributed by atoms with E-state index in [-0.39, 0.29) is 32.3 Å². The maximum Gasteiger partial charge on any atom is 0.416 e. The number of para-hydroxylation sites is 1. The fourth-order valence-corrected chi connectivity index (χ4v) is 3.96. The second-order valence-corrected chi connectivity index (χ2v) is 8.59. The van der Waals surface area contributed by atoms with Crippen LogP contribution in [0.3, 0.4) is 0 Å². The van der Waals surface area contributed by atoms with Gasteiger partial charge < -0.3 is 9.84 Å². The van der Waals surface area contributed by atoms with Gasteiger partial charge in [-0.25, -0.2) is 9.78 Å². The maximum atomic E-state index is 13.4. The minimum atomic E-state index is -4.66. The average molecular weight is 591 g/mol. The minimum Gasteiger partial charge on any atom is -0.479 e. The first kappa shape index (κ1) is 26.5. The van der Waals surface area contributed by atoms with E-state index in [9.17, 15) is 32.9 Å². The van der Waals surface area contributed by atoms with Crippen LogP contribution in [-0.2, 0) is 11.0 Å². The van der Waals surface area contributed by atoms with E-state index < -0.39 is 46.2 Å². The number of nitro groups is 1. The average Bonchev–Trinajstić information content (AvgIpc) is 2.86. The molecule has 0 aliphatic carbocycles. The SMILES string of the molecule is O=C(O)COc1c(C=Nn2c(-c3cccc(C(F)(F)F)c3)nc3ccccc3c2=O)cc(Br)cc1[N+](=O)[O-]. The van der Waals surface area contributed by atoms with Crippen molar-refractivity contribution >= 4 is 44.7 Å². The van der Waals surface area contributed by atoms with E-state index in [4.69, 9.17) is 9.84 Å². The highest BCUT2D eigenvalue weighted by molar-refractivity contribution is 9.10. The Bertz CT molecular complexity index is 1670. The number of carboxylic acids is 1. The third-order valence-corrected chi connectivity index (χ3v) is 5.57. The fraction of sp³-hybridized carbons (Fsp3) is 0.0833. The number of carboxylic acid groups (broad SMARTS) is 1. The van der Waals surface area contributed by atoms with Crippen molar-refractivity contribution in [1.29, 1.82) is 0 Å². The van der Waals surface area contributed by atoms with Gasteiger partial charge in [0.25, 0.3) is 5.56 Å². The van der Waals surface area contributed by atoms with E-state index >= 15 is 0 Å². The van der Waals surface area contributed by atoms with Gasteiger partial charge in [0, 0.05) is 21.7 Å². The number of hydrogen-bond acceptors (Lipinski definition) is 7. The first-order valence-corrected chi connectivity index (χ1v) is 11.3. The van der Waals surface area contributed by atoms with Gasteiger partial charge in [-0.15, -0.1) is 0 Å². The predicted octanol–water partition coefficient (Wildman–Crippen LogP) is 5.10. The monoisotopic (exact) mass is 590 g/mol. The summed E-state index contributed by atoms with van der Waals surface area (Å²) in [6.07, 6.45) is -3.67. The number of benzene rings is 3. The Morgan fingerprint density at radius 1 is 1.18 bits per heavy atom. The highest BCUT2D eigenvalue weighted by atomic mass is 79.9. The van der Waals surface area contributed by atoms with Crippen molar-refractivity contribution in [1.82, 2.24) is 9.66 Å². The molecular formula is C24H14BrF3N4O6. The maximum absolute atomic E-state index is 13.4. The fourth-order valence-electron chi connectivity index (χ4n) is 3.49. The van der Waals surface area contributed by atoms with Gasteiger partial charge in [0.1, 0.15) is 0 Å².